The lowest BCUT2D eigenvalue weighted by molar-refractivity contribution is -0.144. The zero-order chi connectivity index (χ0) is 19.9. The Labute approximate surface area is 164 Å². The monoisotopic (exact) mass is 396 g/mol. The second-order valence-electron chi connectivity index (χ2n) is 6.56. The second-order valence-corrected chi connectivity index (χ2v) is 8.35. The van der Waals surface area contributed by atoms with E-state index in [1.54, 1.807) is 48.2 Å². The molecule has 0 saturated carbocycles. The van der Waals surface area contributed by atoms with Crippen LogP contribution in [-0.2, 0) is 19.6 Å². The number of carbonyl (C=O) groups excluding carboxylic acids is 1. The van der Waals surface area contributed by atoms with Gasteiger partial charge in [-0.25, -0.2) is 17.2 Å². The van der Waals surface area contributed by atoms with Gasteiger partial charge in [0.15, 0.2) is 6.04 Å². The third kappa shape index (κ3) is 2.79. The van der Waals surface area contributed by atoms with Crippen LogP contribution in [0.15, 0.2) is 71.8 Å². The Bertz CT molecular complexity index is 1130. The number of anilines is 2. The SMILES string of the molecule is CCOC(=O)C1c2cccn2S(=O)(=O)c2ccccc2N1c1ccc(C)cc1. The molecule has 0 spiro atoms. The molecule has 1 atom stereocenters. The molecule has 144 valence electrons. The lowest BCUT2D eigenvalue weighted by Crippen LogP contribution is -2.32. The predicted octanol–water partition coefficient (Wildman–Crippen LogP) is 3.79. The highest BCUT2D eigenvalue weighted by atomic mass is 32.2. The molecule has 6 nitrogen and oxygen atoms in total. The van der Waals surface area contributed by atoms with Gasteiger partial charge in [-0.3, -0.25) is 0 Å². The quantitative estimate of drug-likeness (QED) is 0.630. The number of aryl methyl sites for hydroxylation is 1. The Morgan fingerprint density at radius 3 is 2.46 bits per heavy atom. The van der Waals surface area contributed by atoms with E-state index >= 15 is 0 Å². The van der Waals surface area contributed by atoms with Gasteiger partial charge < -0.3 is 9.64 Å². The van der Waals surface area contributed by atoms with E-state index in [0.29, 0.717) is 17.1 Å². The molecule has 2 heterocycles. The standard InChI is InChI=1S/C21H20N2O4S/c1-3-27-21(24)20-18-8-6-14-22(18)28(25,26)19-9-5-4-7-17(19)23(20)16-12-10-15(2)11-13-16/h4-14,20H,3H2,1-2H3. The minimum atomic E-state index is -3.86. The topological polar surface area (TPSA) is 68.6 Å². The normalized spacial score (nSPS) is 17.4. The number of nitrogens with zero attached hydrogens (tertiary/aromatic N) is 2. The number of hydrogen-bond donors (Lipinski definition) is 0. The van der Waals surface area contributed by atoms with Crippen LogP contribution in [-0.4, -0.2) is 25.0 Å². The first kappa shape index (κ1) is 18.3. The minimum absolute atomic E-state index is 0.139. The molecule has 7 heteroatoms. The van der Waals surface area contributed by atoms with Crippen molar-refractivity contribution in [1.82, 2.24) is 3.97 Å². The molecule has 3 aromatic rings. The Hall–Kier alpha value is -3.06. The van der Waals surface area contributed by atoms with Gasteiger partial charge >= 0.3 is 5.97 Å². The molecule has 1 aromatic heterocycles. The van der Waals surface area contributed by atoms with Gasteiger partial charge in [0.05, 0.1) is 18.0 Å². The van der Waals surface area contributed by atoms with E-state index in [9.17, 15) is 13.2 Å². The zero-order valence-corrected chi connectivity index (χ0v) is 16.4. The molecule has 28 heavy (non-hydrogen) atoms. The summed E-state index contributed by atoms with van der Waals surface area (Å²) in [5.74, 6) is -0.505. The Balaban J connectivity index is 2.07. The van der Waals surface area contributed by atoms with E-state index in [-0.39, 0.29) is 11.5 Å². The van der Waals surface area contributed by atoms with Crippen molar-refractivity contribution >= 4 is 27.4 Å². The lowest BCUT2D eigenvalue weighted by atomic mass is 10.1. The third-order valence-electron chi connectivity index (χ3n) is 4.76. The molecule has 2 aromatic carbocycles. The predicted molar refractivity (Wildman–Crippen MR) is 106 cm³/mol. The number of fused-ring (bicyclic) bond motifs is 2. The fraction of sp³-hybridized carbons (Fsp3) is 0.190. The fourth-order valence-electron chi connectivity index (χ4n) is 3.50. The number of esters is 1. The van der Waals surface area contributed by atoms with Gasteiger partial charge in [0, 0.05) is 11.9 Å². The van der Waals surface area contributed by atoms with Crippen molar-refractivity contribution in [2.24, 2.45) is 0 Å². The Kier molecular flexibility index (Phi) is 4.47. The van der Waals surface area contributed by atoms with E-state index in [2.05, 4.69) is 0 Å². The van der Waals surface area contributed by atoms with Crippen LogP contribution in [0.3, 0.4) is 0 Å². The first-order valence-corrected chi connectivity index (χ1v) is 10.4. The summed E-state index contributed by atoms with van der Waals surface area (Å²) in [7, 11) is -3.86. The van der Waals surface area contributed by atoms with Gasteiger partial charge in [-0.1, -0.05) is 29.8 Å². The van der Waals surface area contributed by atoms with Crippen molar-refractivity contribution < 1.29 is 17.9 Å². The molecule has 0 radical (unpaired) electrons. The summed E-state index contributed by atoms with van der Waals surface area (Å²) in [6, 6.07) is 16.7. The van der Waals surface area contributed by atoms with Crippen LogP contribution >= 0.6 is 0 Å². The van der Waals surface area contributed by atoms with Crippen molar-refractivity contribution in [3.05, 3.63) is 78.1 Å². The fourth-order valence-corrected chi connectivity index (χ4v) is 5.06. The number of aromatic nitrogens is 1. The van der Waals surface area contributed by atoms with Crippen LogP contribution in [0.1, 0.15) is 24.2 Å². The van der Waals surface area contributed by atoms with Crippen molar-refractivity contribution in [2.45, 2.75) is 24.8 Å². The van der Waals surface area contributed by atoms with Gasteiger partial charge in [0.2, 0.25) is 0 Å². The zero-order valence-electron chi connectivity index (χ0n) is 15.6. The molecule has 0 saturated heterocycles. The van der Waals surface area contributed by atoms with E-state index in [1.807, 2.05) is 31.2 Å². The number of hydrogen-bond acceptors (Lipinski definition) is 5. The number of ether oxygens (including phenoxy) is 1. The van der Waals surface area contributed by atoms with E-state index in [1.165, 1.54) is 10.2 Å². The average Bonchev–Trinajstić information content (AvgIpc) is 3.14. The molecule has 0 bridgehead atoms. The van der Waals surface area contributed by atoms with Crippen molar-refractivity contribution in [3.63, 3.8) is 0 Å². The molecule has 0 N–H and O–H groups in total. The third-order valence-corrected chi connectivity index (χ3v) is 6.52. The molecule has 4 rings (SSSR count). The van der Waals surface area contributed by atoms with E-state index in [4.69, 9.17) is 4.74 Å². The number of carbonyl (C=O) groups is 1. The first-order chi connectivity index (χ1) is 13.4. The minimum Gasteiger partial charge on any atom is -0.464 e. The molecular weight excluding hydrogens is 376 g/mol. The van der Waals surface area contributed by atoms with Crippen LogP contribution in [0.4, 0.5) is 11.4 Å². The molecule has 0 amide bonds. The van der Waals surface area contributed by atoms with Crippen molar-refractivity contribution in [1.29, 1.82) is 0 Å². The summed E-state index contributed by atoms with van der Waals surface area (Å²) in [5, 5.41) is 0. The average molecular weight is 396 g/mol. The summed E-state index contributed by atoms with van der Waals surface area (Å²) in [5.41, 5.74) is 2.56. The van der Waals surface area contributed by atoms with Gasteiger partial charge in [-0.2, -0.15) is 0 Å². The largest absolute Gasteiger partial charge is 0.464 e. The molecule has 0 aliphatic carbocycles. The summed E-state index contributed by atoms with van der Waals surface area (Å²) in [6.45, 7) is 3.90. The molecule has 1 aliphatic heterocycles. The van der Waals surface area contributed by atoms with Gasteiger partial charge in [0.1, 0.15) is 4.90 Å². The first-order valence-electron chi connectivity index (χ1n) is 8.99. The highest BCUT2D eigenvalue weighted by molar-refractivity contribution is 7.90. The van der Waals surface area contributed by atoms with Crippen LogP contribution in [0, 0.1) is 6.92 Å². The summed E-state index contributed by atoms with van der Waals surface area (Å²) in [6.07, 6.45) is 1.46. The molecule has 1 unspecified atom stereocenters. The van der Waals surface area contributed by atoms with Crippen LogP contribution < -0.4 is 4.90 Å². The summed E-state index contributed by atoms with van der Waals surface area (Å²) < 4.78 is 33.1. The highest BCUT2D eigenvalue weighted by Crippen LogP contribution is 2.43. The van der Waals surface area contributed by atoms with Crippen LogP contribution in [0.25, 0.3) is 0 Å². The number of para-hydroxylation sites is 1. The Morgan fingerprint density at radius 1 is 1.04 bits per heavy atom. The van der Waals surface area contributed by atoms with Crippen LogP contribution in [0.5, 0.6) is 0 Å². The van der Waals surface area contributed by atoms with Gasteiger partial charge in [0.25, 0.3) is 10.0 Å². The van der Waals surface area contributed by atoms with E-state index in [0.717, 1.165) is 5.56 Å². The maximum atomic E-state index is 13.3. The maximum absolute atomic E-state index is 13.3. The second kappa shape index (κ2) is 6.83. The number of benzene rings is 2. The smallest absolute Gasteiger partial charge is 0.335 e. The van der Waals surface area contributed by atoms with Crippen LogP contribution in [0.2, 0.25) is 0 Å². The van der Waals surface area contributed by atoms with Crippen molar-refractivity contribution in [3.8, 4) is 0 Å². The Morgan fingerprint density at radius 2 is 1.75 bits per heavy atom. The lowest BCUT2D eigenvalue weighted by Gasteiger charge is -2.31. The molecule has 0 fully saturated rings. The summed E-state index contributed by atoms with van der Waals surface area (Å²) >= 11 is 0. The number of rotatable bonds is 3. The molecule has 1 aliphatic rings. The van der Waals surface area contributed by atoms with Crippen molar-refractivity contribution in [2.75, 3.05) is 11.5 Å². The summed E-state index contributed by atoms with van der Waals surface area (Å²) in [4.78, 5) is 14.9. The molecular formula is C21H20N2O4S. The highest BCUT2D eigenvalue weighted by Gasteiger charge is 2.40. The van der Waals surface area contributed by atoms with Gasteiger partial charge in [-0.05, 0) is 50.2 Å². The van der Waals surface area contributed by atoms with Gasteiger partial charge in [-0.15, -0.1) is 0 Å². The van der Waals surface area contributed by atoms with E-state index < -0.39 is 22.0 Å². The maximum Gasteiger partial charge on any atom is 0.335 e.